The highest BCUT2D eigenvalue weighted by Gasteiger charge is 2.21. The van der Waals surface area contributed by atoms with Crippen LogP contribution in [0.3, 0.4) is 0 Å². The number of benzene rings is 1. The van der Waals surface area contributed by atoms with Crippen molar-refractivity contribution in [1.29, 1.82) is 0 Å². The van der Waals surface area contributed by atoms with E-state index in [9.17, 15) is 8.42 Å². The molecular weight excluding hydrogens is 319 g/mol. The Hall–Kier alpha value is -0.0400. The van der Waals surface area contributed by atoms with Gasteiger partial charge in [0.1, 0.15) is 4.90 Å². The number of rotatable bonds is 6. The van der Waals surface area contributed by atoms with E-state index in [-0.39, 0.29) is 26.5 Å². The minimum absolute atomic E-state index is 0.00109. The van der Waals surface area contributed by atoms with Crippen LogP contribution in [0, 0.1) is 0 Å². The summed E-state index contributed by atoms with van der Waals surface area (Å²) in [6.07, 6.45) is 1.39. The van der Waals surface area contributed by atoms with E-state index in [1.165, 1.54) is 12.1 Å². The van der Waals surface area contributed by atoms with E-state index in [0.717, 1.165) is 6.42 Å². The average Bonchev–Trinajstić information content (AvgIpc) is 2.22. The maximum Gasteiger partial charge on any atom is 0.243 e. The Bertz CT molecular complexity index is 497. The number of hydrogen-bond donors (Lipinski definition) is 2. The third-order valence-corrected chi connectivity index (χ3v) is 4.75. The Morgan fingerprint density at radius 3 is 2.17 bits per heavy atom. The monoisotopic (exact) mass is 330 g/mol. The summed E-state index contributed by atoms with van der Waals surface area (Å²) < 4.78 is 26.4. The molecule has 0 saturated carbocycles. The van der Waals surface area contributed by atoms with Crippen LogP contribution in [0.5, 0.6) is 0 Å². The third kappa shape index (κ3) is 4.26. The van der Waals surface area contributed by atoms with Gasteiger partial charge in [0.15, 0.2) is 0 Å². The van der Waals surface area contributed by atoms with Crippen LogP contribution in [0.4, 0.5) is 0 Å². The number of nitrogens with two attached hydrogens (primary N) is 1. The van der Waals surface area contributed by atoms with E-state index in [1.54, 1.807) is 0 Å². The lowest BCUT2D eigenvalue weighted by atomic mass is 10.3. The number of nitrogens with one attached hydrogen (secondary N) is 1. The standard InChI is InChI=1S/C10H13Cl3N2O2S/c11-7-5-8(12)10(9(13)6-7)18(16,17)15-4-2-1-3-14/h5-6,15H,1-4,14H2. The van der Waals surface area contributed by atoms with Gasteiger partial charge in [-0.05, 0) is 31.5 Å². The Kier molecular flexibility index (Phi) is 6.17. The Morgan fingerprint density at radius 1 is 1.11 bits per heavy atom. The molecule has 0 bridgehead atoms. The summed E-state index contributed by atoms with van der Waals surface area (Å²) in [4.78, 5) is -0.150. The molecule has 0 aromatic heterocycles. The van der Waals surface area contributed by atoms with Crippen LogP contribution >= 0.6 is 34.8 Å². The molecule has 1 aromatic carbocycles. The second kappa shape index (κ2) is 6.93. The molecule has 3 N–H and O–H groups in total. The van der Waals surface area contributed by atoms with Crippen LogP contribution in [0.2, 0.25) is 15.1 Å². The zero-order valence-electron chi connectivity index (χ0n) is 9.42. The van der Waals surface area contributed by atoms with Crippen molar-refractivity contribution in [2.45, 2.75) is 17.7 Å². The largest absolute Gasteiger partial charge is 0.330 e. The van der Waals surface area contributed by atoms with Gasteiger partial charge in [0.2, 0.25) is 10.0 Å². The third-order valence-electron chi connectivity index (χ3n) is 2.15. The lowest BCUT2D eigenvalue weighted by molar-refractivity contribution is 0.577. The molecular formula is C10H13Cl3N2O2S. The molecule has 8 heteroatoms. The van der Waals surface area contributed by atoms with Crippen molar-refractivity contribution < 1.29 is 8.42 Å². The van der Waals surface area contributed by atoms with Gasteiger partial charge in [0, 0.05) is 11.6 Å². The maximum absolute atomic E-state index is 12.0. The lowest BCUT2D eigenvalue weighted by Crippen LogP contribution is -2.25. The highest BCUT2D eigenvalue weighted by atomic mass is 35.5. The highest BCUT2D eigenvalue weighted by Crippen LogP contribution is 2.32. The number of sulfonamides is 1. The van der Waals surface area contributed by atoms with Gasteiger partial charge in [-0.25, -0.2) is 13.1 Å². The topological polar surface area (TPSA) is 72.2 Å². The van der Waals surface area contributed by atoms with E-state index in [4.69, 9.17) is 40.5 Å². The molecule has 0 spiro atoms. The molecule has 18 heavy (non-hydrogen) atoms. The minimum atomic E-state index is -3.73. The Balaban J connectivity index is 2.92. The first-order valence-electron chi connectivity index (χ1n) is 5.23. The average molecular weight is 332 g/mol. The first kappa shape index (κ1) is 16.0. The van der Waals surface area contributed by atoms with Crippen molar-refractivity contribution in [2.75, 3.05) is 13.1 Å². The van der Waals surface area contributed by atoms with Gasteiger partial charge < -0.3 is 5.73 Å². The molecule has 0 saturated heterocycles. The fraction of sp³-hybridized carbons (Fsp3) is 0.400. The molecule has 0 fully saturated rings. The van der Waals surface area contributed by atoms with E-state index in [1.807, 2.05) is 0 Å². The van der Waals surface area contributed by atoms with Crippen molar-refractivity contribution in [3.05, 3.63) is 27.2 Å². The molecule has 102 valence electrons. The van der Waals surface area contributed by atoms with E-state index in [0.29, 0.717) is 13.0 Å². The van der Waals surface area contributed by atoms with Crippen molar-refractivity contribution in [2.24, 2.45) is 5.73 Å². The summed E-state index contributed by atoms with van der Waals surface area (Å²) in [5.74, 6) is 0. The summed E-state index contributed by atoms with van der Waals surface area (Å²) in [6.45, 7) is 0.805. The molecule has 0 radical (unpaired) electrons. The van der Waals surface area contributed by atoms with Crippen LogP contribution in [-0.4, -0.2) is 21.5 Å². The normalized spacial score (nSPS) is 11.8. The zero-order valence-corrected chi connectivity index (χ0v) is 12.5. The molecule has 1 aromatic rings. The summed E-state index contributed by atoms with van der Waals surface area (Å²) >= 11 is 17.4. The molecule has 0 aliphatic carbocycles. The van der Waals surface area contributed by atoms with Gasteiger partial charge in [-0.15, -0.1) is 0 Å². The predicted molar refractivity (Wildman–Crippen MR) is 74.9 cm³/mol. The van der Waals surface area contributed by atoms with Gasteiger partial charge in [-0.2, -0.15) is 0 Å². The van der Waals surface area contributed by atoms with Crippen LogP contribution < -0.4 is 10.5 Å². The number of unbranched alkanes of at least 4 members (excludes halogenated alkanes) is 1. The van der Waals surface area contributed by atoms with Crippen molar-refractivity contribution in [1.82, 2.24) is 4.72 Å². The summed E-state index contributed by atoms with van der Waals surface area (Å²) in [5.41, 5.74) is 5.32. The first-order valence-corrected chi connectivity index (χ1v) is 7.84. The molecule has 0 heterocycles. The summed E-state index contributed by atoms with van der Waals surface area (Å²) in [7, 11) is -3.73. The summed E-state index contributed by atoms with van der Waals surface area (Å²) in [6, 6.07) is 2.67. The second-order valence-corrected chi connectivity index (χ2v) is 6.55. The molecule has 1 rings (SSSR count). The SMILES string of the molecule is NCCCCNS(=O)(=O)c1c(Cl)cc(Cl)cc1Cl. The van der Waals surface area contributed by atoms with Crippen molar-refractivity contribution in [3.8, 4) is 0 Å². The van der Waals surface area contributed by atoms with E-state index < -0.39 is 10.0 Å². The molecule has 0 aliphatic rings. The van der Waals surface area contributed by atoms with Gasteiger partial charge in [0.05, 0.1) is 10.0 Å². The molecule has 0 amide bonds. The Morgan fingerprint density at radius 2 is 1.67 bits per heavy atom. The molecule has 4 nitrogen and oxygen atoms in total. The van der Waals surface area contributed by atoms with Gasteiger partial charge in [-0.3, -0.25) is 0 Å². The van der Waals surface area contributed by atoms with E-state index in [2.05, 4.69) is 4.72 Å². The van der Waals surface area contributed by atoms with Gasteiger partial charge >= 0.3 is 0 Å². The number of hydrogen-bond acceptors (Lipinski definition) is 3. The van der Waals surface area contributed by atoms with Crippen LogP contribution in [0.1, 0.15) is 12.8 Å². The van der Waals surface area contributed by atoms with Crippen LogP contribution in [-0.2, 0) is 10.0 Å². The zero-order chi connectivity index (χ0) is 13.8. The quantitative estimate of drug-likeness (QED) is 0.787. The highest BCUT2D eigenvalue weighted by molar-refractivity contribution is 7.89. The molecule has 0 atom stereocenters. The van der Waals surface area contributed by atoms with Gasteiger partial charge in [0.25, 0.3) is 0 Å². The number of halogens is 3. The van der Waals surface area contributed by atoms with Crippen LogP contribution in [0.25, 0.3) is 0 Å². The van der Waals surface area contributed by atoms with Crippen LogP contribution in [0.15, 0.2) is 17.0 Å². The van der Waals surface area contributed by atoms with Gasteiger partial charge in [-0.1, -0.05) is 34.8 Å². The predicted octanol–water partition coefficient (Wildman–Crippen LogP) is 2.66. The fourth-order valence-electron chi connectivity index (χ4n) is 1.33. The lowest BCUT2D eigenvalue weighted by Gasteiger charge is -2.10. The minimum Gasteiger partial charge on any atom is -0.330 e. The summed E-state index contributed by atoms with van der Waals surface area (Å²) in [5, 5.41) is 0.282. The smallest absolute Gasteiger partial charge is 0.243 e. The molecule has 0 aliphatic heterocycles. The first-order chi connectivity index (χ1) is 8.38. The molecule has 0 unspecified atom stereocenters. The van der Waals surface area contributed by atoms with Crippen molar-refractivity contribution in [3.63, 3.8) is 0 Å². The van der Waals surface area contributed by atoms with E-state index >= 15 is 0 Å². The second-order valence-electron chi connectivity index (χ2n) is 3.59. The maximum atomic E-state index is 12.0. The Labute approximate surface area is 121 Å². The fourth-order valence-corrected chi connectivity index (χ4v) is 3.95. The van der Waals surface area contributed by atoms with Crippen molar-refractivity contribution >= 4 is 44.8 Å².